The average Bonchev–Trinajstić information content (AvgIpc) is 3.28. The fourth-order valence-electron chi connectivity index (χ4n) is 6.29. The molecular formula is C23H33N3O2. The summed E-state index contributed by atoms with van der Waals surface area (Å²) in [4.78, 5) is 18.0. The molecule has 4 aliphatic rings. The van der Waals surface area contributed by atoms with Gasteiger partial charge in [-0.05, 0) is 74.6 Å². The molecule has 1 amide bonds. The highest BCUT2D eigenvalue weighted by Gasteiger charge is 2.46. The van der Waals surface area contributed by atoms with Crippen LogP contribution in [0.4, 0.5) is 0 Å². The van der Waals surface area contributed by atoms with E-state index in [2.05, 4.69) is 39.4 Å². The number of nitrogens with one attached hydrogen (secondary N) is 1. The molecule has 4 saturated heterocycles. The summed E-state index contributed by atoms with van der Waals surface area (Å²) >= 11 is 0. The van der Waals surface area contributed by atoms with E-state index in [0.29, 0.717) is 29.8 Å². The van der Waals surface area contributed by atoms with Crippen molar-refractivity contribution in [3.05, 3.63) is 29.8 Å². The normalized spacial score (nSPS) is 35.5. The Labute approximate surface area is 168 Å². The Kier molecular flexibility index (Phi) is 5.06. The van der Waals surface area contributed by atoms with E-state index in [1.807, 2.05) is 0 Å². The smallest absolute Gasteiger partial charge is 0.239 e. The number of nitrogens with zero attached hydrogens (tertiary/aromatic N) is 2. The number of hydrogen-bond donors (Lipinski definition) is 1. The number of benzene rings is 1. The number of piperidine rings is 3. The SMILES string of the molecule is COc1ccc([C@H]2CCC[C@H]3[C@@H]4C[C@@H](CN(C(=O)[C@@H]5CCCN5)C4)CN23)cc1. The maximum absolute atomic E-state index is 13.0. The standard InChI is InChI=1S/C23H33N3O2/c1-28-19-9-7-17(8-10-19)21-5-2-6-22-18-12-16(14-26(21)22)13-25(15-18)23(27)20-4-3-11-24-20/h7-10,16,18,20-22,24H,2-6,11-15H2,1H3/t16-,18+,20-,21+,22-/m0/s1. The van der Waals surface area contributed by atoms with Gasteiger partial charge in [-0.1, -0.05) is 12.1 Å². The highest BCUT2D eigenvalue weighted by Crippen LogP contribution is 2.44. The summed E-state index contributed by atoms with van der Waals surface area (Å²) in [7, 11) is 1.73. The third-order valence-electron chi connectivity index (χ3n) is 7.56. The molecule has 0 aliphatic carbocycles. The van der Waals surface area contributed by atoms with Crippen molar-refractivity contribution in [2.24, 2.45) is 11.8 Å². The van der Waals surface area contributed by atoms with Crippen molar-refractivity contribution in [1.29, 1.82) is 0 Å². The van der Waals surface area contributed by atoms with Gasteiger partial charge in [0.25, 0.3) is 0 Å². The van der Waals surface area contributed by atoms with Gasteiger partial charge in [-0.3, -0.25) is 9.69 Å². The van der Waals surface area contributed by atoms with Crippen LogP contribution in [0, 0.1) is 11.8 Å². The van der Waals surface area contributed by atoms with E-state index in [1.54, 1.807) is 7.11 Å². The van der Waals surface area contributed by atoms with Crippen LogP contribution in [0.3, 0.4) is 0 Å². The minimum atomic E-state index is 0.0772. The number of carbonyl (C=O) groups excluding carboxylic acids is 1. The van der Waals surface area contributed by atoms with Crippen LogP contribution in [0.15, 0.2) is 24.3 Å². The van der Waals surface area contributed by atoms with Crippen molar-refractivity contribution in [3.8, 4) is 5.75 Å². The maximum atomic E-state index is 13.0. The number of amides is 1. The van der Waals surface area contributed by atoms with Gasteiger partial charge in [0.15, 0.2) is 0 Å². The molecule has 4 heterocycles. The van der Waals surface area contributed by atoms with Gasteiger partial charge in [0.1, 0.15) is 5.75 Å². The van der Waals surface area contributed by atoms with E-state index in [9.17, 15) is 4.79 Å². The summed E-state index contributed by atoms with van der Waals surface area (Å²) in [5.74, 6) is 2.56. The summed E-state index contributed by atoms with van der Waals surface area (Å²) in [6.07, 6.45) is 7.27. The topological polar surface area (TPSA) is 44.8 Å². The van der Waals surface area contributed by atoms with Crippen molar-refractivity contribution in [3.63, 3.8) is 0 Å². The monoisotopic (exact) mass is 383 g/mol. The summed E-state index contributed by atoms with van der Waals surface area (Å²) in [6, 6.07) is 9.92. The molecule has 152 valence electrons. The van der Waals surface area contributed by atoms with Crippen LogP contribution in [-0.2, 0) is 4.79 Å². The maximum Gasteiger partial charge on any atom is 0.239 e. The van der Waals surface area contributed by atoms with E-state index in [4.69, 9.17) is 4.74 Å². The molecule has 0 radical (unpaired) electrons. The lowest BCUT2D eigenvalue weighted by Gasteiger charge is -2.55. The highest BCUT2D eigenvalue weighted by molar-refractivity contribution is 5.82. The van der Waals surface area contributed by atoms with Gasteiger partial charge in [0, 0.05) is 31.7 Å². The van der Waals surface area contributed by atoms with E-state index in [-0.39, 0.29) is 6.04 Å². The minimum absolute atomic E-state index is 0.0772. The van der Waals surface area contributed by atoms with Gasteiger partial charge in [0.2, 0.25) is 5.91 Å². The predicted molar refractivity (Wildman–Crippen MR) is 109 cm³/mol. The molecule has 1 aromatic rings. The number of methoxy groups -OCH3 is 1. The quantitative estimate of drug-likeness (QED) is 0.872. The second-order valence-electron chi connectivity index (χ2n) is 9.24. The Morgan fingerprint density at radius 2 is 1.93 bits per heavy atom. The summed E-state index contributed by atoms with van der Waals surface area (Å²) in [5, 5.41) is 3.40. The van der Waals surface area contributed by atoms with Gasteiger partial charge in [-0.2, -0.15) is 0 Å². The lowest BCUT2D eigenvalue weighted by Crippen LogP contribution is -2.61. The molecule has 28 heavy (non-hydrogen) atoms. The second-order valence-corrected chi connectivity index (χ2v) is 9.24. The predicted octanol–water partition coefficient (Wildman–Crippen LogP) is 2.82. The number of ether oxygens (including phenoxy) is 1. The van der Waals surface area contributed by atoms with Crippen molar-refractivity contribution >= 4 is 5.91 Å². The molecule has 0 unspecified atom stereocenters. The first-order valence-electron chi connectivity index (χ1n) is 11.1. The first kappa shape index (κ1) is 18.4. The molecule has 0 spiro atoms. The number of likely N-dealkylation sites (tertiary alicyclic amines) is 1. The van der Waals surface area contributed by atoms with Crippen LogP contribution < -0.4 is 10.1 Å². The van der Waals surface area contributed by atoms with Crippen molar-refractivity contribution < 1.29 is 9.53 Å². The molecule has 0 saturated carbocycles. The second kappa shape index (κ2) is 7.68. The van der Waals surface area contributed by atoms with Crippen molar-refractivity contribution in [1.82, 2.24) is 15.1 Å². The van der Waals surface area contributed by atoms with Crippen LogP contribution >= 0.6 is 0 Å². The summed E-state index contributed by atoms with van der Waals surface area (Å²) in [6.45, 7) is 4.05. The Morgan fingerprint density at radius 1 is 1.07 bits per heavy atom. The van der Waals surface area contributed by atoms with Crippen LogP contribution in [0.25, 0.3) is 0 Å². The number of carbonyl (C=O) groups is 1. The molecule has 1 N–H and O–H groups in total. The minimum Gasteiger partial charge on any atom is -0.497 e. The Hall–Kier alpha value is -1.59. The summed E-state index contributed by atoms with van der Waals surface area (Å²) in [5.41, 5.74) is 1.42. The third-order valence-corrected chi connectivity index (χ3v) is 7.56. The van der Waals surface area contributed by atoms with Crippen molar-refractivity contribution in [2.45, 2.75) is 56.7 Å². The van der Waals surface area contributed by atoms with Gasteiger partial charge in [0.05, 0.1) is 13.2 Å². The van der Waals surface area contributed by atoms with Crippen molar-refractivity contribution in [2.75, 3.05) is 33.3 Å². The summed E-state index contributed by atoms with van der Waals surface area (Å²) < 4.78 is 5.34. The largest absolute Gasteiger partial charge is 0.497 e. The fraction of sp³-hybridized carbons (Fsp3) is 0.696. The van der Waals surface area contributed by atoms with Crippen LogP contribution in [0.1, 0.15) is 50.1 Å². The molecule has 5 rings (SSSR count). The zero-order valence-electron chi connectivity index (χ0n) is 17.0. The zero-order valence-corrected chi connectivity index (χ0v) is 17.0. The molecule has 4 aliphatic heterocycles. The zero-order chi connectivity index (χ0) is 19.1. The lowest BCUT2D eigenvalue weighted by atomic mass is 9.73. The first-order chi connectivity index (χ1) is 13.7. The molecule has 0 aromatic heterocycles. The van der Waals surface area contributed by atoms with Gasteiger partial charge < -0.3 is 15.0 Å². The van der Waals surface area contributed by atoms with E-state index in [0.717, 1.165) is 44.8 Å². The molecule has 5 nitrogen and oxygen atoms in total. The number of rotatable bonds is 3. The molecule has 2 bridgehead atoms. The molecule has 5 heteroatoms. The van der Waals surface area contributed by atoms with Crippen LogP contribution in [0.2, 0.25) is 0 Å². The van der Waals surface area contributed by atoms with E-state index in [1.165, 1.54) is 31.2 Å². The van der Waals surface area contributed by atoms with E-state index >= 15 is 0 Å². The highest BCUT2D eigenvalue weighted by atomic mass is 16.5. The third kappa shape index (κ3) is 3.33. The molecule has 4 fully saturated rings. The Morgan fingerprint density at radius 3 is 2.68 bits per heavy atom. The van der Waals surface area contributed by atoms with Gasteiger partial charge in [-0.25, -0.2) is 0 Å². The average molecular weight is 384 g/mol. The van der Waals surface area contributed by atoms with Crippen LogP contribution in [-0.4, -0.2) is 61.1 Å². The molecule has 1 aromatic carbocycles. The lowest BCUT2D eigenvalue weighted by molar-refractivity contribution is -0.140. The number of hydrogen-bond acceptors (Lipinski definition) is 4. The van der Waals surface area contributed by atoms with Gasteiger partial charge in [-0.15, -0.1) is 0 Å². The van der Waals surface area contributed by atoms with Gasteiger partial charge >= 0.3 is 0 Å². The molecule has 5 atom stereocenters. The Bertz CT molecular complexity index is 700. The number of fused-ring (bicyclic) bond motifs is 4. The Balaban J connectivity index is 1.32. The first-order valence-corrected chi connectivity index (χ1v) is 11.1. The fourth-order valence-corrected chi connectivity index (χ4v) is 6.29. The van der Waals surface area contributed by atoms with E-state index < -0.39 is 0 Å². The molecular weight excluding hydrogens is 350 g/mol. The van der Waals surface area contributed by atoms with Crippen LogP contribution in [0.5, 0.6) is 5.75 Å².